The Balaban J connectivity index is 2.84. The van der Waals surface area contributed by atoms with E-state index in [1.807, 2.05) is 36.2 Å². The number of likely N-dealkylation sites (N-methyl/N-ethyl adjacent to an activating group) is 1. The minimum atomic E-state index is -0.0218. The van der Waals surface area contributed by atoms with Crippen molar-refractivity contribution in [3.8, 4) is 5.75 Å². The van der Waals surface area contributed by atoms with E-state index in [0.29, 0.717) is 12.5 Å². The van der Waals surface area contributed by atoms with Crippen molar-refractivity contribution in [3.05, 3.63) is 29.8 Å². The highest BCUT2D eigenvalue weighted by Crippen LogP contribution is 2.18. The lowest BCUT2D eigenvalue weighted by molar-refractivity contribution is -0.127. The van der Waals surface area contributed by atoms with Crippen molar-refractivity contribution in [2.75, 3.05) is 41.3 Å². The third-order valence-electron chi connectivity index (χ3n) is 3.36. The molecule has 0 aliphatic heterocycles. The summed E-state index contributed by atoms with van der Waals surface area (Å²) in [5.74, 6) is 1.54. The van der Waals surface area contributed by atoms with Gasteiger partial charge in [-0.1, -0.05) is 25.1 Å². The highest BCUT2D eigenvalue weighted by Gasteiger charge is 2.11. The van der Waals surface area contributed by atoms with E-state index in [1.54, 1.807) is 26.1 Å². The standard InChI is InChI=1S/C17H28N4O2/c1-6-11-18-17(19-12-16(22)20(2)3)21(4)13-14-9-7-8-10-15(14)23-5/h7-10H,6,11-13H2,1-5H3,(H,18,19). The van der Waals surface area contributed by atoms with Gasteiger partial charge in [0.1, 0.15) is 12.3 Å². The second-order valence-electron chi connectivity index (χ2n) is 5.52. The van der Waals surface area contributed by atoms with Crippen molar-refractivity contribution in [2.24, 2.45) is 4.99 Å². The fourth-order valence-corrected chi connectivity index (χ4v) is 2.00. The fraction of sp³-hybridized carbons (Fsp3) is 0.529. The minimum absolute atomic E-state index is 0.0218. The molecule has 0 unspecified atom stereocenters. The number of para-hydroxylation sites is 1. The van der Waals surface area contributed by atoms with Crippen LogP contribution in [0.5, 0.6) is 5.75 Å². The Bertz CT molecular complexity index is 529. The lowest BCUT2D eigenvalue weighted by Gasteiger charge is -2.23. The molecule has 0 fully saturated rings. The molecule has 0 heterocycles. The van der Waals surface area contributed by atoms with Gasteiger partial charge in [-0.05, 0) is 12.5 Å². The molecule has 0 saturated carbocycles. The number of benzene rings is 1. The van der Waals surface area contributed by atoms with Crippen LogP contribution in [-0.4, -0.2) is 63.0 Å². The summed E-state index contributed by atoms with van der Waals surface area (Å²) < 4.78 is 5.39. The molecule has 6 nitrogen and oxygen atoms in total. The van der Waals surface area contributed by atoms with E-state index in [9.17, 15) is 4.79 Å². The Morgan fingerprint density at radius 3 is 2.57 bits per heavy atom. The molecule has 1 rings (SSSR count). The molecular weight excluding hydrogens is 292 g/mol. The van der Waals surface area contributed by atoms with Gasteiger partial charge in [0, 0.05) is 39.8 Å². The van der Waals surface area contributed by atoms with Crippen molar-refractivity contribution >= 4 is 11.9 Å². The average Bonchev–Trinajstić information content (AvgIpc) is 2.54. The smallest absolute Gasteiger partial charge is 0.243 e. The zero-order chi connectivity index (χ0) is 17.2. The van der Waals surface area contributed by atoms with Crippen LogP contribution in [-0.2, 0) is 11.3 Å². The number of carbonyl (C=O) groups is 1. The summed E-state index contributed by atoms with van der Waals surface area (Å²) in [5.41, 5.74) is 1.07. The second-order valence-corrected chi connectivity index (χ2v) is 5.52. The van der Waals surface area contributed by atoms with Crippen LogP contribution < -0.4 is 10.1 Å². The number of aliphatic imine (C=N–C) groups is 1. The van der Waals surface area contributed by atoms with Crippen LogP contribution in [0.3, 0.4) is 0 Å². The van der Waals surface area contributed by atoms with Crippen molar-refractivity contribution in [3.63, 3.8) is 0 Å². The van der Waals surface area contributed by atoms with E-state index in [-0.39, 0.29) is 12.5 Å². The van der Waals surface area contributed by atoms with Gasteiger partial charge in [0.25, 0.3) is 0 Å². The molecule has 1 aromatic rings. The summed E-state index contributed by atoms with van der Waals surface area (Å²) >= 11 is 0. The van der Waals surface area contributed by atoms with Crippen molar-refractivity contribution in [1.82, 2.24) is 15.1 Å². The normalized spacial score (nSPS) is 11.1. The van der Waals surface area contributed by atoms with Gasteiger partial charge in [-0.25, -0.2) is 4.99 Å². The van der Waals surface area contributed by atoms with E-state index in [0.717, 1.165) is 24.3 Å². The number of amides is 1. The van der Waals surface area contributed by atoms with Crippen LogP contribution in [0.4, 0.5) is 0 Å². The van der Waals surface area contributed by atoms with Gasteiger partial charge in [0.05, 0.1) is 7.11 Å². The highest BCUT2D eigenvalue weighted by atomic mass is 16.5. The van der Waals surface area contributed by atoms with Gasteiger partial charge in [-0.2, -0.15) is 0 Å². The van der Waals surface area contributed by atoms with Crippen molar-refractivity contribution in [2.45, 2.75) is 19.9 Å². The SMILES string of the molecule is CCCNC(=NCC(=O)N(C)C)N(C)Cc1ccccc1OC. The Kier molecular flexibility index (Phi) is 7.94. The van der Waals surface area contributed by atoms with Gasteiger partial charge in [-0.15, -0.1) is 0 Å². The van der Waals surface area contributed by atoms with Gasteiger partial charge in [0.2, 0.25) is 5.91 Å². The molecule has 1 N–H and O–H groups in total. The maximum atomic E-state index is 11.8. The van der Waals surface area contributed by atoms with Gasteiger partial charge >= 0.3 is 0 Å². The van der Waals surface area contributed by atoms with Gasteiger partial charge in [0.15, 0.2) is 5.96 Å². The molecule has 0 aliphatic carbocycles. The molecule has 0 bridgehead atoms. The molecule has 0 aromatic heterocycles. The summed E-state index contributed by atoms with van der Waals surface area (Å²) in [5, 5.41) is 3.29. The number of carbonyl (C=O) groups excluding carboxylic acids is 1. The molecule has 23 heavy (non-hydrogen) atoms. The maximum Gasteiger partial charge on any atom is 0.243 e. The summed E-state index contributed by atoms with van der Waals surface area (Å²) in [4.78, 5) is 19.7. The number of guanidine groups is 1. The molecule has 0 spiro atoms. The van der Waals surface area contributed by atoms with Crippen molar-refractivity contribution in [1.29, 1.82) is 0 Å². The molecule has 0 radical (unpaired) electrons. The van der Waals surface area contributed by atoms with Crippen LogP contribution in [0.1, 0.15) is 18.9 Å². The van der Waals surface area contributed by atoms with Gasteiger partial charge < -0.3 is 19.9 Å². The monoisotopic (exact) mass is 320 g/mol. The second kappa shape index (κ2) is 9.71. The predicted molar refractivity (Wildman–Crippen MR) is 93.8 cm³/mol. The third-order valence-corrected chi connectivity index (χ3v) is 3.36. The van der Waals surface area contributed by atoms with E-state index >= 15 is 0 Å². The number of methoxy groups -OCH3 is 1. The Labute approximate surface area is 139 Å². The molecule has 1 aromatic carbocycles. The first kappa shape index (κ1) is 18.8. The number of nitrogens with zero attached hydrogens (tertiary/aromatic N) is 3. The summed E-state index contributed by atoms with van der Waals surface area (Å²) in [6.07, 6.45) is 0.989. The topological polar surface area (TPSA) is 57.2 Å². The predicted octanol–water partition coefficient (Wildman–Crippen LogP) is 1.57. The van der Waals surface area contributed by atoms with E-state index < -0.39 is 0 Å². The van der Waals surface area contributed by atoms with Gasteiger partial charge in [-0.3, -0.25) is 4.79 Å². The lowest BCUT2D eigenvalue weighted by Crippen LogP contribution is -2.40. The number of nitrogens with one attached hydrogen (secondary N) is 1. The fourth-order valence-electron chi connectivity index (χ4n) is 2.00. The maximum absolute atomic E-state index is 11.8. The van der Waals surface area contributed by atoms with E-state index in [2.05, 4.69) is 17.2 Å². The molecular formula is C17H28N4O2. The third kappa shape index (κ3) is 6.18. The van der Waals surface area contributed by atoms with E-state index in [4.69, 9.17) is 4.74 Å². The van der Waals surface area contributed by atoms with Crippen LogP contribution >= 0.6 is 0 Å². The summed E-state index contributed by atoms with van der Waals surface area (Å²) in [6, 6.07) is 7.90. The number of rotatable bonds is 7. The average molecular weight is 320 g/mol. The molecule has 128 valence electrons. The number of hydrogen-bond donors (Lipinski definition) is 1. The first-order chi connectivity index (χ1) is 11.0. The summed E-state index contributed by atoms with van der Waals surface area (Å²) in [6.45, 7) is 3.69. The van der Waals surface area contributed by atoms with Crippen molar-refractivity contribution < 1.29 is 9.53 Å². The Hall–Kier alpha value is -2.24. The molecule has 0 atom stereocenters. The largest absolute Gasteiger partial charge is 0.496 e. The Morgan fingerprint density at radius 2 is 1.96 bits per heavy atom. The van der Waals surface area contributed by atoms with Crippen LogP contribution in [0.2, 0.25) is 0 Å². The lowest BCUT2D eigenvalue weighted by atomic mass is 10.2. The minimum Gasteiger partial charge on any atom is -0.496 e. The number of ether oxygens (including phenoxy) is 1. The molecule has 0 saturated heterocycles. The van der Waals surface area contributed by atoms with Crippen LogP contribution in [0, 0.1) is 0 Å². The number of hydrogen-bond acceptors (Lipinski definition) is 3. The highest BCUT2D eigenvalue weighted by molar-refractivity contribution is 5.84. The van der Waals surface area contributed by atoms with Crippen LogP contribution in [0.15, 0.2) is 29.3 Å². The molecule has 1 amide bonds. The first-order valence-corrected chi connectivity index (χ1v) is 7.81. The first-order valence-electron chi connectivity index (χ1n) is 7.81. The zero-order valence-corrected chi connectivity index (χ0v) is 14.8. The van der Waals surface area contributed by atoms with E-state index in [1.165, 1.54) is 0 Å². The zero-order valence-electron chi connectivity index (χ0n) is 14.8. The molecule has 0 aliphatic rings. The Morgan fingerprint density at radius 1 is 1.26 bits per heavy atom. The summed E-state index contributed by atoms with van der Waals surface area (Å²) in [7, 11) is 7.08. The quantitative estimate of drug-likeness (QED) is 0.612. The van der Waals surface area contributed by atoms with Crippen LogP contribution in [0.25, 0.3) is 0 Å². The molecule has 6 heteroatoms.